The van der Waals surface area contributed by atoms with Crippen molar-refractivity contribution in [2.24, 2.45) is 7.05 Å². The first-order valence-electron chi connectivity index (χ1n) is 7.00. The highest BCUT2D eigenvalue weighted by atomic mass is 16.5. The molecule has 0 aliphatic heterocycles. The Morgan fingerprint density at radius 1 is 1.13 bits per heavy atom. The highest BCUT2D eigenvalue weighted by Gasteiger charge is 2.18. The van der Waals surface area contributed by atoms with Crippen LogP contribution in [0.5, 0.6) is 17.2 Å². The third-order valence-corrected chi connectivity index (χ3v) is 3.76. The smallest absolute Gasteiger partial charge is 0.190 e. The van der Waals surface area contributed by atoms with Crippen LogP contribution in [0.25, 0.3) is 16.7 Å². The molecule has 8 heteroatoms. The lowest BCUT2D eigenvalue weighted by Crippen LogP contribution is -1.97. The summed E-state index contributed by atoms with van der Waals surface area (Å²) in [5.41, 5.74) is 2.17. The summed E-state index contributed by atoms with van der Waals surface area (Å²) in [5, 5.41) is 4.23. The summed E-state index contributed by atoms with van der Waals surface area (Å²) in [7, 11) is 3.51. The summed E-state index contributed by atoms with van der Waals surface area (Å²) in [6, 6.07) is 0. The number of nitrogens with zero attached hydrogens (tertiary/aromatic N) is 6. The summed E-state index contributed by atoms with van der Waals surface area (Å²) in [5.74, 6) is 2.52. The minimum Gasteiger partial charge on any atom is -0.491 e. The first-order chi connectivity index (χ1) is 11.2. The van der Waals surface area contributed by atoms with Gasteiger partial charge in [-0.1, -0.05) is 0 Å². The Balaban J connectivity index is 1.87. The molecule has 0 spiro atoms. The second-order valence-corrected chi connectivity index (χ2v) is 5.06. The molecule has 0 unspecified atom stereocenters. The van der Waals surface area contributed by atoms with Gasteiger partial charge in [0.1, 0.15) is 16.9 Å². The van der Waals surface area contributed by atoms with E-state index in [-0.39, 0.29) is 0 Å². The van der Waals surface area contributed by atoms with E-state index < -0.39 is 0 Å². The second-order valence-electron chi connectivity index (χ2n) is 5.06. The molecule has 0 fully saturated rings. The molecule has 4 aromatic heterocycles. The van der Waals surface area contributed by atoms with Crippen molar-refractivity contribution in [1.82, 2.24) is 29.1 Å². The summed E-state index contributed by atoms with van der Waals surface area (Å²) in [6.07, 6.45) is 8.35. The maximum absolute atomic E-state index is 5.97. The Labute approximate surface area is 131 Å². The minimum atomic E-state index is 0.502. The Bertz CT molecular complexity index is 1020. The molecular formula is C15H14N6O2. The average Bonchev–Trinajstić information content (AvgIpc) is 3.10. The fourth-order valence-corrected chi connectivity index (χ4v) is 2.51. The predicted octanol–water partition coefficient (Wildman–Crippen LogP) is 2.12. The number of rotatable bonds is 3. The number of hydrogen-bond donors (Lipinski definition) is 0. The largest absolute Gasteiger partial charge is 0.491 e. The SMILES string of the molecule is COc1c(Oc2cnn3ccncc23)cnc2nc(C)n(C)c12. The Morgan fingerprint density at radius 3 is 2.83 bits per heavy atom. The molecule has 0 N–H and O–H groups in total. The van der Waals surface area contributed by atoms with Crippen LogP contribution in [-0.4, -0.2) is 36.2 Å². The summed E-state index contributed by atoms with van der Waals surface area (Å²) in [6.45, 7) is 1.92. The van der Waals surface area contributed by atoms with Crippen molar-refractivity contribution in [2.75, 3.05) is 7.11 Å². The van der Waals surface area contributed by atoms with E-state index in [0.29, 0.717) is 22.9 Å². The minimum absolute atomic E-state index is 0.502. The fraction of sp³-hybridized carbons (Fsp3) is 0.200. The van der Waals surface area contributed by atoms with Gasteiger partial charge in [-0.25, -0.2) is 14.5 Å². The number of ether oxygens (including phenoxy) is 2. The highest BCUT2D eigenvalue weighted by molar-refractivity contribution is 5.82. The Hall–Kier alpha value is -3.16. The number of pyridine rings is 1. The molecular weight excluding hydrogens is 296 g/mol. The van der Waals surface area contributed by atoms with Crippen LogP contribution in [0.3, 0.4) is 0 Å². The van der Waals surface area contributed by atoms with E-state index in [1.807, 2.05) is 18.5 Å². The van der Waals surface area contributed by atoms with Gasteiger partial charge in [-0.05, 0) is 6.92 Å². The molecule has 0 radical (unpaired) electrons. The molecule has 116 valence electrons. The fourth-order valence-electron chi connectivity index (χ4n) is 2.51. The zero-order valence-corrected chi connectivity index (χ0v) is 12.9. The summed E-state index contributed by atoms with van der Waals surface area (Å²) < 4.78 is 15.1. The van der Waals surface area contributed by atoms with Gasteiger partial charge in [0.05, 0.1) is 25.7 Å². The molecule has 4 rings (SSSR count). The maximum Gasteiger partial charge on any atom is 0.190 e. The molecule has 0 saturated heterocycles. The Morgan fingerprint density at radius 2 is 2.00 bits per heavy atom. The molecule has 0 aromatic carbocycles. The normalized spacial score (nSPS) is 11.3. The van der Waals surface area contributed by atoms with Gasteiger partial charge >= 0.3 is 0 Å². The molecule has 0 aliphatic carbocycles. The van der Waals surface area contributed by atoms with Crippen molar-refractivity contribution in [3.05, 3.63) is 36.8 Å². The first kappa shape index (κ1) is 13.5. The lowest BCUT2D eigenvalue weighted by Gasteiger charge is -2.10. The molecule has 23 heavy (non-hydrogen) atoms. The number of fused-ring (bicyclic) bond motifs is 2. The van der Waals surface area contributed by atoms with E-state index in [0.717, 1.165) is 16.9 Å². The van der Waals surface area contributed by atoms with Crippen LogP contribution in [0.15, 0.2) is 31.0 Å². The number of imidazole rings is 1. The first-order valence-corrected chi connectivity index (χ1v) is 7.00. The second kappa shape index (κ2) is 4.94. The van der Waals surface area contributed by atoms with E-state index in [1.165, 1.54) is 0 Å². The van der Waals surface area contributed by atoms with Gasteiger partial charge in [0, 0.05) is 19.4 Å². The van der Waals surface area contributed by atoms with Crippen molar-refractivity contribution in [3.63, 3.8) is 0 Å². The third-order valence-electron chi connectivity index (χ3n) is 3.76. The number of methoxy groups -OCH3 is 1. The lowest BCUT2D eigenvalue weighted by molar-refractivity contribution is 0.382. The average molecular weight is 310 g/mol. The molecule has 4 heterocycles. The van der Waals surface area contributed by atoms with Crippen LogP contribution < -0.4 is 9.47 Å². The zero-order chi connectivity index (χ0) is 16.0. The molecule has 0 aliphatic rings. The van der Waals surface area contributed by atoms with Crippen LogP contribution in [0.4, 0.5) is 0 Å². The maximum atomic E-state index is 5.97. The van der Waals surface area contributed by atoms with E-state index in [9.17, 15) is 0 Å². The number of aromatic nitrogens is 6. The quantitative estimate of drug-likeness (QED) is 0.576. The molecule has 0 saturated carbocycles. The van der Waals surface area contributed by atoms with Gasteiger partial charge in [-0.3, -0.25) is 4.98 Å². The molecule has 4 aromatic rings. The van der Waals surface area contributed by atoms with E-state index >= 15 is 0 Å². The number of aryl methyl sites for hydroxylation is 2. The van der Waals surface area contributed by atoms with Gasteiger partial charge in [-0.15, -0.1) is 0 Å². The van der Waals surface area contributed by atoms with Gasteiger partial charge in [0.25, 0.3) is 0 Å². The van der Waals surface area contributed by atoms with Crippen molar-refractivity contribution >= 4 is 16.7 Å². The zero-order valence-electron chi connectivity index (χ0n) is 12.9. The number of hydrogen-bond acceptors (Lipinski definition) is 6. The standard InChI is InChI=1S/C15H14N6O2/c1-9-19-15-13(20(9)2)14(22-3)12(7-17-15)23-11-8-18-21-5-4-16-6-10(11)21/h4-8H,1-3H3. The van der Waals surface area contributed by atoms with Gasteiger partial charge < -0.3 is 14.0 Å². The highest BCUT2D eigenvalue weighted by Crippen LogP contribution is 2.37. The van der Waals surface area contributed by atoms with Gasteiger partial charge in [0.15, 0.2) is 22.9 Å². The molecule has 0 atom stereocenters. The lowest BCUT2D eigenvalue weighted by atomic mass is 10.3. The monoisotopic (exact) mass is 310 g/mol. The van der Waals surface area contributed by atoms with E-state index in [4.69, 9.17) is 9.47 Å². The third kappa shape index (κ3) is 1.99. The van der Waals surface area contributed by atoms with Gasteiger partial charge in [-0.2, -0.15) is 5.10 Å². The van der Waals surface area contributed by atoms with E-state index in [1.54, 1.807) is 42.6 Å². The van der Waals surface area contributed by atoms with Crippen molar-refractivity contribution in [3.8, 4) is 17.2 Å². The molecule has 8 nitrogen and oxygen atoms in total. The van der Waals surface area contributed by atoms with Gasteiger partial charge in [0.2, 0.25) is 0 Å². The van der Waals surface area contributed by atoms with Crippen LogP contribution >= 0.6 is 0 Å². The van der Waals surface area contributed by atoms with Crippen LogP contribution in [0.2, 0.25) is 0 Å². The Kier molecular flexibility index (Phi) is 2.90. The summed E-state index contributed by atoms with van der Waals surface area (Å²) >= 11 is 0. The van der Waals surface area contributed by atoms with Crippen LogP contribution in [0, 0.1) is 6.92 Å². The van der Waals surface area contributed by atoms with Crippen LogP contribution in [-0.2, 0) is 7.05 Å². The summed E-state index contributed by atoms with van der Waals surface area (Å²) in [4.78, 5) is 12.8. The predicted molar refractivity (Wildman–Crippen MR) is 82.9 cm³/mol. The molecule has 0 amide bonds. The molecule has 0 bridgehead atoms. The van der Waals surface area contributed by atoms with Crippen molar-refractivity contribution in [2.45, 2.75) is 6.92 Å². The van der Waals surface area contributed by atoms with E-state index in [2.05, 4.69) is 20.1 Å². The topological polar surface area (TPSA) is 79.4 Å². The van der Waals surface area contributed by atoms with Crippen molar-refractivity contribution in [1.29, 1.82) is 0 Å². The van der Waals surface area contributed by atoms with Crippen LogP contribution in [0.1, 0.15) is 5.82 Å². The van der Waals surface area contributed by atoms with Crippen molar-refractivity contribution < 1.29 is 9.47 Å².